The van der Waals surface area contributed by atoms with Gasteiger partial charge in [0.15, 0.2) is 5.13 Å². The van der Waals surface area contributed by atoms with E-state index in [1.165, 1.54) is 17.4 Å². The number of nitrogen functional groups attached to an aromatic ring is 1. The third kappa shape index (κ3) is 2.90. The first-order chi connectivity index (χ1) is 9.29. The van der Waals surface area contributed by atoms with Gasteiger partial charge in [0.25, 0.3) is 5.91 Å². The van der Waals surface area contributed by atoms with Crippen molar-refractivity contribution in [3.05, 3.63) is 40.4 Å². The highest BCUT2D eigenvalue weighted by atomic mass is 32.1. The largest absolute Gasteiger partial charge is 0.418 e. The SMILES string of the molecule is Cc1cnc(NC(=O)c2cccc(C(F)(F)F)c2N)s1. The zero-order valence-corrected chi connectivity index (χ0v) is 11.1. The second-order valence-corrected chi connectivity index (χ2v) is 5.23. The number of nitrogens with one attached hydrogen (secondary N) is 1. The molecule has 3 N–H and O–H groups in total. The Morgan fingerprint density at radius 2 is 2.10 bits per heavy atom. The molecule has 1 amide bonds. The van der Waals surface area contributed by atoms with E-state index in [1.54, 1.807) is 13.1 Å². The molecule has 4 nitrogen and oxygen atoms in total. The number of thiazole rings is 1. The first-order valence-electron chi connectivity index (χ1n) is 5.48. The molecular weight excluding hydrogens is 291 g/mol. The van der Waals surface area contributed by atoms with E-state index in [0.717, 1.165) is 17.0 Å². The number of benzene rings is 1. The Bertz CT molecular complexity index is 652. The van der Waals surface area contributed by atoms with Crippen LogP contribution >= 0.6 is 11.3 Å². The fourth-order valence-corrected chi connectivity index (χ4v) is 2.25. The van der Waals surface area contributed by atoms with Crippen LogP contribution in [-0.4, -0.2) is 10.9 Å². The van der Waals surface area contributed by atoms with E-state index in [1.807, 2.05) is 0 Å². The number of alkyl halides is 3. The Hall–Kier alpha value is -2.09. The maximum Gasteiger partial charge on any atom is 0.418 e. The van der Waals surface area contributed by atoms with Crippen LogP contribution in [0.5, 0.6) is 0 Å². The highest BCUT2D eigenvalue weighted by molar-refractivity contribution is 7.15. The highest BCUT2D eigenvalue weighted by Crippen LogP contribution is 2.35. The van der Waals surface area contributed by atoms with Gasteiger partial charge in [-0.3, -0.25) is 10.1 Å². The van der Waals surface area contributed by atoms with Gasteiger partial charge in [-0.25, -0.2) is 4.98 Å². The van der Waals surface area contributed by atoms with Crippen LogP contribution < -0.4 is 11.1 Å². The summed E-state index contributed by atoms with van der Waals surface area (Å²) in [6.45, 7) is 1.80. The van der Waals surface area contributed by atoms with Crippen LogP contribution in [0.3, 0.4) is 0 Å². The number of carbonyl (C=O) groups is 1. The molecule has 0 bridgehead atoms. The number of rotatable bonds is 2. The molecule has 2 rings (SSSR count). The molecule has 0 fully saturated rings. The Balaban J connectivity index is 2.31. The number of nitrogens with zero attached hydrogens (tertiary/aromatic N) is 1. The predicted molar refractivity (Wildman–Crippen MR) is 70.7 cm³/mol. The van der Waals surface area contributed by atoms with Gasteiger partial charge in [-0.2, -0.15) is 13.2 Å². The van der Waals surface area contributed by atoms with Gasteiger partial charge in [-0.1, -0.05) is 6.07 Å². The van der Waals surface area contributed by atoms with Crippen molar-refractivity contribution in [2.24, 2.45) is 0 Å². The van der Waals surface area contributed by atoms with Crippen LogP contribution in [0, 0.1) is 6.92 Å². The van der Waals surface area contributed by atoms with Gasteiger partial charge in [-0.05, 0) is 19.1 Å². The third-order valence-corrected chi connectivity index (χ3v) is 3.33. The number of para-hydroxylation sites is 1. The third-order valence-electron chi connectivity index (χ3n) is 2.50. The number of aryl methyl sites for hydroxylation is 1. The van der Waals surface area contributed by atoms with Gasteiger partial charge >= 0.3 is 6.18 Å². The molecule has 0 unspecified atom stereocenters. The molecule has 0 aliphatic heterocycles. The van der Waals surface area contributed by atoms with Gasteiger partial charge < -0.3 is 5.73 Å². The number of amides is 1. The molecule has 106 valence electrons. The van der Waals surface area contributed by atoms with Crippen molar-refractivity contribution in [1.29, 1.82) is 0 Å². The van der Waals surface area contributed by atoms with Gasteiger partial charge in [0.2, 0.25) is 0 Å². The molecule has 0 atom stereocenters. The molecule has 0 radical (unpaired) electrons. The molecule has 0 saturated heterocycles. The molecule has 1 heterocycles. The smallest absolute Gasteiger partial charge is 0.398 e. The Morgan fingerprint density at radius 3 is 2.65 bits per heavy atom. The summed E-state index contributed by atoms with van der Waals surface area (Å²) in [5.41, 5.74) is 3.58. The number of anilines is 2. The normalized spacial score (nSPS) is 11.4. The number of aromatic nitrogens is 1. The van der Waals surface area contributed by atoms with Crippen molar-refractivity contribution in [3.8, 4) is 0 Å². The number of hydrogen-bond acceptors (Lipinski definition) is 4. The average molecular weight is 301 g/mol. The lowest BCUT2D eigenvalue weighted by Crippen LogP contribution is -2.17. The molecule has 8 heteroatoms. The molecule has 1 aromatic heterocycles. The summed E-state index contributed by atoms with van der Waals surface area (Å²) in [5.74, 6) is -0.719. The average Bonchev–Trinajstić information content (AvgIpc) is 2.73. The summed E-state index contributed by atoms with van der Waals surface area (Å²) in [5, 5.41) is 2.73. The monoisotopic (exact) mass is 301 g/mol. The minimum absolute atomic E-state index is 0.229. The number of nitrogens with two attached hydrogens (primary N) is 1. The van der Waals surface area contributed by atoms with Crippen LogP contribution in [-0.2, 0) is 6.18 Å². The minimum Gasteiger partial charge on any atom is -0.398 e. The van der Waals surface area contributed by atoms with Crippen LogP contribution in [0.25, 0.3) is 0 Å². The lowest BCUT2D eigenvalue weighted by atomic mass is 10.1. The second kappa shape index (κ2) is 5.12. The van der Waals surface area contributed by atoms with Crippen molar-refractivity contribution in [3.63, 3.8) is 0 Å². The van der Waals surface area contributed by atoms with Gasteiger partial charge in [-0.15, -0.1) is 11.3 Å². The Morgan fingerprint density at radius 1 is 1.40 bits per heavy atom. The fraction of sp³-hybridized carbons (Fsp3) is 0.167. The quantitative estimate of drug-likeness (QED) is 0.836. The number of halogens is 3. The number of carbonyl (C=O) groups excluding carboxylic acids is 1. The summed E-state index contributed by atoms with van der Waals surface area (Å²) < 4.78 is 38.1. The lowest BCUT2D eigenvalue weighted by molar-refractivity contribution is -0.136. The van der Waals surface area contributed by atoms with Crippen molar-refractivity contribution in [2.45, 2.75) is 13.1 Å². The Labute approximate surface area is 116 Å². The van der Waals surface area contributed by atoms with E-state index in [0.29, 0.717) is 5.13 Å². The van der Waals surface area contributed by atoms with E-state index in [2.05, 4.69) is 10.3 Å². The molecular formula is C12H10F3N3OS. The zero-order chi connectivity index (χ0) is 14.9. The van der Waals surface area contributed by atoms with E-state index >= 15 is 0 Å². The van der Waals surface area contributed by atoms with Gasteiger partial charge in [0.1, 0.15) is 0 Å². The maximum absolute atomic E-state index is 12.7. The molecule has 0 saturated carbocycles. The molecule has 0 spiro atoms. The summed E-state index contributed by atoms with van der Waals surface area (Å²) in [4.78, 5) is 16.7. The highest BCUT2D eigenvalue weighted by Gasteiger charge is 2.34. The summed E-state index contributed by atoms with van der Waals surface area (Å²) >= 11 is 1.22. The topological polar surface area (TPSA) is 68.0 Å². The fourth-order valence-electron chi connectivity index (χ4n) is 1.59. The maximum atomic E-state index is 12.7. The lowest BCUT2D eigenvalue weighted by Gasteiger charge is -2.12. The van der Waals surface area contributed by atoms with Crippen molar-refractivity contribution in [1.82, 2.24) is 4.98 Å². The number of hydrogen-bond donors (Lipinski definition) is 2. The summed E-state index contributed by atoms with van der Waals surface area (Å²) in [6, 6.07) is 3.21. The van der Waals surface area contributed by atoms with E-state index in [9.17, 15) is 18.0 Å². The molecule has 0 aliphatic rings. The molecule has 0 aliphatic carbocycles. The molecule has 2 aromatic rings. The molecule has 20 heavy (non-hydrogen) atoms. The van der Waals surface area contributed by atoms with Crippen molar-refractivity contribution < 1.29 is 18.0 Å². The van der Waals surface area contributed by atoms with E-state index in [-0.39, 0.29) is 5.56 Å². The first-order valence-corrected chi connectivity index (χ1v) is 6.30. The summed E-state index contributed by atoms with van der Waals surface area (Å²) in [7, 11) is 0. The van der Waals surface area contributed by atoms with Gasteiger partial charge in [0.05, 0.1) is 16.8 Å². The van der Waals surface area contributed by atoms with Crippen LogP contribution in [0.15, 0.2) is 24.4 Å². The Kier molecular flexibility index (Phi) is 3.67. The second-order valence-electron chi connectivity index (χ2n) is 3.99. The van der Waals surface area contributed by atoms with E-state index in [4.69, 9.17) is 5.73 Å². The standard InChI is InChI=1S/C12H10F3N3OS/c1-6-5-17-11(20-6)18-10(19)7-3-2-4-8(9(7)16)12(13,14)15/h2-5H,16H2,1H3,(H,17,18,19). The van der Waals surface area contributed by atoms with Crippen LogP contribution in [0.4, 0.5) is 24.0 Å². The predicted octanol–water partition coefficient (Wildman–Crippen LogP) is 3.30. The zero-order valence-electron chi connectivity index (χ0n) is 10.3. The van der Waals surface area contributed by atoms with E-state index < -0.39 is 23.3 Å². The van der Waals surface area contributed by atoms with Crippen molar-refractivity contribution in [2.75, 3.05) is 11.1 Å². The minimum atomic E-state index is -4.60. The molecule has 1 aromatic carbocycles. The van der Waals surface area contributed by atoms with Gasteiger partial charge in [0, 0.05) is 11.1 Å². The summed E-state index contributed by atoms with van der Waals surface area (Å²) in [6.07, 6.45) is -3.05. The van der Waals surface area contributed by atoms with Crippen LogP contribution in [0.1, 0.15) is 20.8 Å². The first kappa shape index (κ1) is 14.3. The van der Waals surface area contributed by atoms with Crippen molar-refractivity contribution >= 4 is 28.1 Å². The van der Waals surface area contributed by atoms with Crippen LogP contribution in [0.2, 0.25) is 0 Å².